The van der Waals surface area contributed by atoms with Crippen molar-refractivity contribution in [2.75, 3.05) is 14.2 Å². The monoisotopic (exact) mass is 538 g/mol. The number of hydrogen-bond acceptors (Lipinski definition) is 4. The van der Waals surface area contributed by atoms with Crippen molar-refractivity contribution in [1.29, 1.82) is 0 Å². The minimum absolute atomic E-state index is 0.0691. The van der Waals surface area contributed by atoms with Crippen molar-refractivity contribution < 1.29 is 19.1 Å². The van der Waals surface area contributed by atoms with Crippen molar-refractivity contribution in [1.82, 2.24) is 0 Å². The molecule has 0 spiro atoms. The summed E-state index contributed by atoms with van der Waals surface area (Å²) in [5, 5.41) is 0. The maximum Gasteiger partial charge on any atom is 0.305 e. The summed E-state index contributed by atoms with van der Waals surface area (Å²) in [4.78, 5) is 22.1. The molecule has 4 nitrogen and oxygen atoms in total. The standard InChI is InChI=1S/C34H66O4/c1-31(25-21-17-13-9-5-7-11-15-19-23-27-33(35)37-3)29-30-32(2)26-22-18-14-10-6-8-12-16-20-24-28-34(36)38-4/h31-32H,5-30H2,1-4H3. The molecule has 0 amide bonds. The first-order valence-corrected chi connectivity index (χ1v) is 16.6. The number of hydrogen-bond donors (Lipinski definition) is 0. The Bertz CT molecular complexity index is 473. The number of esters is 2. The van der Waals surface area contributed by atoms with Gasteiger partial charge in [-0.1, -0.05) is 155 Å². The van der Waals surface area contributed by atoms with Crippen molar-refractivity contribution in [2.24, 2.45) is 11.8 Å². The Labute approximate surface area is 237 Å². The zero-order valence-corrected chi connectivity index (χ0v) is 26.2. The summed E-state index contributed by atoms with van der Waals surface area (Å²) in [6.07, 6.45) is 33.0. The Morgan fingerprint density at radius 2 is 0.632 bits per heavy atom. The van der Waals surface area contributed by atoms with Crippen LogP contribution in [0.5, 0.6) is 0 Å². The third kappa shape index (κ3) is 28.0. The Morgan fingerprint density at radius 1 is 0.395 bits per heavy atom. The number of carbonyl (C=O) groups is 2. The van der Waals surface area contributed by atoms with Gasteiger partial charge >= 0.3 is 11.9 Å². The second-order valence-electron chi connectivity index (χ2n) is 12.1. The van der Waals surface area contributed by atoms with Crippen molar-refractivity contribution in [3.05, 3.63) is 0 Å². The number of methoxy groups -OCH3 is 2. The zero-order chi connectivity index (χ0) is 28.1. The SMILES string of the molecule is COC(=O)CCCCCCCCCCCCC(C)CCC(C)CCCCCCCCCCCCC(=O)OC. The first kappa shape index (κ1) is 36.9. The molecule has 38 heavy (non-hydrogen) atoms. The van der Waals surface area contributed by atoms with Crippen LogP contribution >= 0.6 is 0 Å². The Balaban J connectivity index is 3.32. The minimum Gasteiger partial charge on any atom is -0.469 e. The van der Waals surface area contributed by atoms with E-state index in [0.29, 0.717) is 12.8 Å². The maximum atomic E-state index is 11.1. The predicted molar refractivity (Wildman–Crippen MR) is 162 cm³/mol. The topological polar surface area (TPSA) is 52.6 Å². The first-order valence-electron chi connectivity index (χ1n) is 16.6. The van der Waals surface area contributed by atoms with E-state index in [2.05, 4.69) is 23.3 Å². The molecule has 0 aliphatic rings. The van der Waals surface area contributed by atoms with Gasteiger partial charge in [0.25, 0.3) is 0 Å². The Hall–Kier alpha value is -1.06. The molecule has 0 aliphatic carbocycles. The van der Waals surface area contributed by atoms with Gasteiger partial charge in [0.2, 0.25) is 0 Å². The summed E-state index contributed by atoms with van der Waals surface area (Å²) in [5.41, 5.74) is 0. The molecule has 0 bridgehead atoms. The van der Waals surface area contributed by atoms with Crippen LogP contribution in [0.25, 0.3) is 0 Å². The highest BCUT2D eigenvalue weighted by molar-refractivity contribution is 5.69. The second-order valence-corrected chi connectivity index (χ2v) is 12.1. The summed E-state index contributed by atoms with van der Waals surface area (Å²) >= 11 is 0. The van der Waals surface area contributed by atoms with Crippen LogP contribution in [0.2, 0.25) is 0 Å². The van der Waals surface area contributed by atoms with E-state index in [1.807, 2.05) is 0 Å². The molecule has 0 heterocycles. The van der Waals surface area contributed by atoms with Gasteiger partial charge in [-0.15, -0.1) is 0 Å². The third-order valence-corrected chi connectivity index (χ3v) is 8.26. The fourth-order valence-electron chi connectivity index (χ4n) is 5.41. The van der Waals surface area contributed by atoms with E-state index in [4.69, 9.17) is 0 Å². The lowest BCUT2D eigenvalue weighted by molar-refractivity contribution is -0.141. The summed E-state index contributed by atoms with van der Waals surface area (Å²) < 4.78 is 9.36. The molecule has 0 aromatic carbocycles. The highest BCUT2D eigenvalue weighted by Crippen LogP contribution is 2.22. The van der Waals surface area contributed by atoms with Crippen LogP contribution in [0.4, 0.5) is 0 Å². The first-order chi connectivity index (χ1) is 18.5. The van der Waals surface area contributed by atoms with Crippen LogP contribution < -0.4 is 0 Å². The summed E-state index contributed by atoms with van der Waals surface area (Å²) in [5.74, 6) is 1.65. The lowest BCUT2D eigenvalue weighted by Crippen LogP contribution is -2.01. The molecule has 0 aliphatic heterocycles. The van der Waals surface area contributed by atoms with Gasteiger partial charge in [-0.2, -0.15) is 0 Å². The normalized spacial score (nSPS) is 12.8. The zero-order valence-electron chi connectivity index (χ0n) is 26.2. The molecule has 0 saturated heterocycles. The molecule has 0 N–H and O–H groups in total. The molecular weight excluding hydrogens is 472 g/mol. The average Bonchev–Trinajstić information content (AvgIpc) is 2.92. The highest BCUT2D eigenvalue weighted by atomic mass is 16.5. The fraction of sp³-hybridized carbons (Fsp3) is 0.941. The third-order valence-electron chi connectivity index (χ3n) is 8.26. The van der Waals surface area contributed by atoms with Crippen LogP contribution in [-0.4, -0.2) is 26.2 Å². The minimum atomic E-state index is -0.0691. The number of unbranched alkanes of at least 4 members (excludes halogenated alkanes) is 18. The molecule has 226 valence electrons. The highest BCUT2D eigenvalue weighted by Gasteiger charge is 2.07. The molecule has 0 aromatic heterocycles. The lowest BCUT2D eigenvalue weighted by atomic mass is 9.91. The van der Waals surface area contributed by atoms with Crippen molar-refractivity contribution in [2.45, 2.75) is 181 Å². The van der Waals surface area contributed by atoms with Gasteiger partial charge in [-0.3, -0.25) is 9.59 Å². The quantitative estimate of drug-likeness (QED) is 0.0702. The van der Waals surface area contributed by atoms with Gasteiger partial charge in [0, 0.05) is 12.8 Å². The van der Waals surface area contributed by atoms with Gasteiger partial charge in [-0.25, -0.2) is 0 Å². The van der Waals surface area contributed by atoms with E-state index in [1.165, 1.54) is 143 Å². The Kier molecular flexibility index (Phi) is 28.1. The van der Waals surface area contributed by atoms with E-state index >= 15 is 0 Å². The largest absolute Gasteiger partial charge is 0.469 e. The van der Waals surface area contributed by atoms with Crippen LogP contribution in [-0.2, 0) is 19.1 Å². The van der Waals surface area contributed by atoms with Crippen LogP contribution in [0, 0.1) is 11.8 Å². The molecule has 0 radical (unpaired) electrons. The summed E-state index contributed by atoms with van der Waals surface area (Å²) in [6, 6.07) is 0. The average molecular weight is 539 g/mol. The van der Waals surface area contributed by atoms with E-state index in [1.54, 1.807) is 0 Å². The van der Waals surface area contributed by atoms with Gasteiger partial charge in [0.15, 0.2) is 0 Å². The van der Waals surface area contributed by atoms with E-state index in [9.17, 15) is 9.59 Å². The molecule has 4 heteroatoms. The molecular formula is C34H66O4. The van der Waals surface area contributed by atoms with Crippen molar-refractivity contribution in [3.63, 3.8) is 0 Å². The number of carbonyl (C=O) groups excluding carboxylic acids is 2. The molecule has 0 fully saturated rings. The molecule has 0 rings (SSSR count). The molecule has 0 saturated carbocycles. The van der Waals surface area contributed by atoms with Crippen molar-refractivity contribution in [3.8, 4) is 0 Å². The van der Waals surface area contributed by atoms with Crippen molar-refractivity contribution >= 4 is 11.9 Å². The molecule has 2 atom stereocenters. The smallest absolute Gasteiger partial charge is 0.305 e. The lowest BCUT2D eigenvalue weighted by Gasteiger charge is -2.15. The van der Waals surface area contributed by atoms with E-state index in [0.717, 1.165) is 37.5 Å². The van der Waals surface area contributed by atoms with E-state index in [-0.39, 0.29) is 11.9 Å². The maximum absolute atomic E-state index is 11.1. The number of ether oxygens (including phenoxy) is 2. The molecule has 0 aromatic rings. The van der Waals surface area contributed by atoms with Gasteiger partial charge < -0.3 is 9.47 Å². The van der Waals surface area contributed by atoms with E-state index < -0.39 is 0 Å². The fourth-order valence-corrected chi connectivity index (χ4v) is 5.41. The van der Waals surface area contributed by atoms with Crippen LogP contribution in [0.3, 0.4) is 0 Å². The van der Waals surface area contributed by atoms with Gasteiger partial charge in [0.1, 0.15) is 0 Å². The predicted octanol–water partition coefficient (Wildman–Crippen LogP) is 10.7. The summed E-state index contributed by atoms with van der Waals surface area (Å²) in [7, 11) is 2.94. The van der Waals surface area contributed by atoms with Crippen LogP contribution in [0.15, 0.2) is 0 Å². The van der Waals surface area contributed by atoms with Gasteiger partial charge in [-0.05, 0) is 24.7 Å². The second kappa shape index (κ2) is 28.9. The van der Waals surface area contributed by atoms with Crippen LogP contribution in [0.1, 0.15) is 181 Å². The molecule has 2 unspecified atom stereocenters. The number of rotatable bonds is 29. The summed E-state index contributed by atoms with van der Waals surface area (Å²) in [6.45, 7) is 4.93. The van der Waals surface area contributed by atoms with Gasteiger partial charge in [0.05, 0.1) is 14.2 Å². The Morgan fingerprint density at radius 3 is 0.895 bits per heavy atom.